The quantitative estimate of drug-likeness (QED) is 0.709. The lowest BCUT2D eigenvalue weighted by Gasteiger charge is -2.13. The van der Waals surface area contributed by atoms with Crippen molar-refractivity contribution in [2.45, 2.75) is 0 Å². The Hall–Kier alpha value is -1.53. The van der Waals surface area contributed by atoms with Crippen molar-refractivity contribution in [3.63, 3.8) is 0 Å². The van der Waals surface area contributed by atoms with Gasteiger partial charge in [0, 0.05) is 4.47 Å². The molecule has 0 saturated carbocycles. The summed E-state index contributed by atoms with van der Waals surface area (Å²) < 4.78 is 28.2. The molecule has 0 aliphatic rings. The van der Waals surface area contributed by atoms with E-state index in [1.165, 1.54) is 18.2 Å². The van der Waals surface area contributed by atoms with Gasteiger partial charge in [0.15, 0.2) is 5.82 Å². The summed E-state index contributed by atoms with van der Waals surface area (Å²) in [5.74, 6) is -1.37. The molecule has 7 heteroatoms. The van der Waals surface area contributed by atoms with Gasteiger partial charge in [-0.1, -0.05) is 27.5 Å². The van der Waals surface area contributed by atoms with Gasteiger partial charge in [-0.25, -0.2) is 8.78 Å². The van der Waals surface area contributed by atoms with E-state index in [-0.39, 0.29) is 27.8 Å². The second-order valence-corrected chi connectivity index (χ2v) is 5.10. The molecule has 0 amide bonds. The molecule has 0 radical (unpaired) electrons. The number of hydrogen-bond acceptors (Lipinski definition) is 3. The van der Waals surface area contributed by atoms with Crippen LogP contribution in [0.1, 0.15) is 0 Å². The van der Waals surface area contributed by atoms with Crippen molar-refractivity contribution in [1.82, 2.24) is 0 Å². The van der Waals surface area contributed by atoms with Gasteiger partial charge in [-0.15, -0.1) is 0 Å². The highest BCUT2D eigenvalue weighted by atomic mass is 79.9. The van der Waals surface area contributed by atoms with E-state index < -0.39 is 11.6 Å². The minimum Gasteiger partial charge on any atom is -0.397 e. The van der Waals surface area contributed by atoms with Gasteiger partial charge in [0.05, 0.1) is 22.7 Å². The fourth-order valence-electron chi connectivity index (χ4n) is 1.52. The maximum Gasteiger partial charge on any atom is 0.169 e. The fraction of sp³-hybridized carbons (Fsp3) is 0. The maximum atomic E-state index is 13.9. The normalized spacial score (nSPS) is 10.5. The Labute approximate surface area is 121 Å². The second-order valence-electron chi connectivity index (χ2n) is 3.81. The van der Waals surface area contributed by atoms with E-state index in [0.29, 0.717) is 4.47 Å². The molecule has 5 N–H and O–H groups in total. The Morgan fingerprint density at radius 1 is 1.11 bits per heavy atom. The molecule has 0 heterocycles. The average molecular weight is 349 g/mol. The lowest BCUT2D eigenvalue weighted by Crippen LogP contribution is -2.03. The summed E-state index contributed by atoms with van der Waals surface area (Å²) in [4.78, 5) is 0. The van der Waals surface area contributed by atoms with E-state index in [9.17, 15) is 8.78 Å². The van der Waals surface area contributed by atoms with Crippen molar-refractivity contribution in [3.8, 4) is 0 Å². The molecule has 3 nitrogen and oxygen atoms in total. The zero-order valence-corrected chi connectivity index (χ0v) is 11.8. The van der Waals surface area contributed by atoms with Crippen LogP contribution in [0.15, 0.2) is 28.7 Å². The minimum absolute atomic E-state index is 0.0264. The molecular weight excluding hydrogens is 340 g/mol. The first-order chi connectivity index (χ1) is 8.90. The first kappa shape index (κ1) is 13.9. The first-order valence-corrected chi connectivity index (χ1v) is 6.32. The van der Waals surface area contributed by atoms with Crippen molar-refractivity contribution in [1.29, 1.82) is 0 Å². The Morgan fingerprint density at radius 3 is 2.42 bits per heavy atom. The highest BCUT2D eigenvalue weighted by Crippen LogP contribution is 2.36. The first-order valence-electron chi connectivity index (χ1n) is 5.15. The summed E-state index contributed by atoms with van der Waals surface area (Å²) in [5, 5.41) is 2.31. The summed E-state index contributed by atoms with van der Waals surface area (Å²) in [5.41, 5.74) is 11.2. The summed E-state index contributed by atoms with van der Waals surface area (Å²) in [6, 6.07) is 5.61. The van der Waals surface area contributed by atoms with Crippen molar-refractivity contribution >= 4 is 50.3 Å². The molecule has 19 heavy (non-hydrogen) atoms. The highest BCUT2D eigenvalue weighted by molar-refractivity contribution is 9.10. The molecule has 0 atom stereocenters. The lowest BCUT2D eigenvalue weighted by atomic mass is 10.2. The SMILES string of the molecule is Nc1cc(N)c(Nc2ccc(Br)cc2F)c(F)c1Cl. The van der Waals surface area contributed by atoms with Crippen LogP contribution in [0.25, 0.3) is 0 Å². The zero-order valence-electron chi connectivity index (χ0n) is 9.48. The van der Waals surface area contributed by atoms with Gasteiger partial charge < -0.3 is 16.8 Å². The number of nitrogen functional groups attached to an aromatic ring is 2. The standard InChI is InChI=1S/C12H9BrClF2N3/c13-5-1-2-9(6(15)3-5)19-12-8(18)4-7(17)10(14)11(12)16/h1-4,19H,17-18H2. The number of nitrogens with one attached hydrogen (secondary N) is 1. The molecule has 2 rings (SSSR count). The third-order valence-corrected chi connectivity index (χ3v) is 3.33. The van der Waals surface area contributed by atoms with Crippen molar-refractivity contribution < 1.29 is 8.78 Å². The van der Waals surface area contributed by atoms with Gasteiger partial charge in [0.2, 0.25) is 0 Å². The summed E-state index contributed by atoms with van der Waals surface area (Å²) >= 11 is 8.82. The molecular formula is C12H9BrClF2N3. The molecule has 0 bridgehead atoms. The molecule has 0 fully saturated rings. The molecule has 0 aliphatic heterocycles. The van der Waals surface area contributed by atoms with Crippen LogP contribution in [0.5, 0.6) is 0 Å². The zero-order chi connectivity index (χ0) is 14.2. The van der Waals surface area contributed by atoms with Crippen molar-refractivity contribution in [2.24, 2.45) is 0 Å². The van der Waals surface area contributed by atoms with Crippen LogP contribution in [0.2, 0.25) is 5.02 Å². The third-order valence-electron chi connectivity index (χ3n) is 2.46. The van der Waals surface area contributed by atoms with Crippen molar-refractivity contribution in [3.05, 3.63) is 45.4 Å². The van der Waals surface area contributed by atoms with E-state index in [1.807, 2.05) is 0 Å². The summed E-state index contributed by atoms with van der Waals surface area (Å²) in [6.45, 7) is 0. The molecule has 100 valence electrons. The predicted octanol–water partition coefficient (Wildman–Crippen LogP) is 4.29. The maximum absolute atomic E-state index is 13.9. The van der Waals surface area contributed by atoms with Crippen LogP contribution >= 0.6 is 27.5 Å². The second kappa shape index (κ2) is 5.22. The summed E-state index contributed by atoms with van der Waals surface area (Å²) in [7, 11) is 0. The monoisotopic (exact) mass is 347 g/mol. The molecule has 0 spiro atoms. The van der Waals surface area contributed by atoms with Gasteiger partial charge in [0.25, 0.3) is 0 Å². The van der Waals surface area contributed by atoms with Gasteiger partial charge in [-0.3, -0.25) is 0 Å². The fourth-order valence-corrected chi connectivity index (χ4v) is 2.00. The summed E-state index contributed by atoms with van der Waals surface area (Å²) in [6.07, 6.45) is 0. The van der Waals surface area contributed by atoms with Crippen LogP contribution in [0.4, 0.5) is 31.5 Å². The highest BCUT2D eigenvalue weighted by Gasteiger charge is 2.15. The molecule has 0 aromatic heterocycles. The third kappa shape index (κ3) is 2.74. The van der Waals surface area contributed by atoms with Crippen LogP contribution in [-0.4, -0.2) is 0 Å². The molecule has 0 aliphatic carbocycles. The largest absolute Gasteiger partial charge is 0.397 e. The molecule has 2 aromatic rings. The predicted molar refractivity (Wildman–Crippen MR) is 77.6 cm³/mol. The smallest absolute Gasteiger partial charge is 0.169 e. The van der Waals surface area contributed by atoms with Gasteiger partial charge >= 0.3 is 0 Å². The van der Waals surface area contributed by atoms with Crippen LogP contribution < -0.4 is 16.8 Å². The van der Waals surface area contributed by atoms with Crippen molar-refractivity contribution in [2.75, 3.05) is 16.8 Å². The topological polar surface area (TPSA) is 64.1 Å². The Kier molecular flexibility index (Phi) is 3.82. The lowest BCUT2D eigenvalue weighted by molar-refractivity contribution is 0.626. The van der Waals surface area contributed by atoms with Crippen LogP contribution in [0.3, 0.4) is 0 Å². The number of anilines is 4. The van der Waals surface area contributed by atoms with Gasteiger partial charge in [0.1, 0.15) is 10.8 Å². The van der Waals surface area contributed by atoms with E-state index in [4.69, 9.17) is 23.1 Å². The average Bonchev–Trinajstić information content (AvgIpc) is 2.34. The number of rotatable bonds is 2. The van der Waals surface area contributed by atoms with Gasteiger partial charge in [-0.05, 0) is 24.3 Å². The number of benzene rings is 2. The van der Waals surface area contributed by atoms with Crippen LogP contribution in [-0.2, 0) is 0 Å². The molecule has 0 saturated heterocycles. The van der Waals surface area contributed by atoms with E-state index in [1.54, 1.807) is 6.07 Å². The number of nitrogens with two attached hydrogens (primary N) is 2. The van der Waals surface area contributed by atoms with E-state index >= 15 is 0 Å². The van der Waals surface area contributed by atoms with Crippen LogP contribution in [0, 0.1) is 11.6 Å². The van der Waals surface area contributed by atoms with E-state index in [2.05, 4.69) is 21.2 Å². The number of hydrogen-bond donors (Lipinski definition) is 3. The molecule has 2 aromatic carbocycles. The Balaban J connectivity index is 2.47. The van der Waals surface area contributed by atoms with Gasteiger partial charge in [-0.2, -0.15) is 0 Å². The minimum atomic E-state index is -0.818. The van der Waals surface area contributed by atoms with E-state index in [0.717, 1.165) is 0 Å². The Morgan fingerprint density at radius 2 is 1.79 bits per heavy atom. The Bertz CT molecular complexity index is 649. The molecule has 0 unspecified atom stereocenters. The number of halogens is 4.